The Labute approximate surface area is 70.8 Å². The Morgan fingerprint density at radius 3 is 2.91 bits per heavy atom. The molecule has 11 heavy (non-hydrogen) atoms. The molecule has 0 saturated carbocycles. The van der Waals surface area contributed by atoms with Gasteiger partial charge in [0.2, 0.25) is 0 Å². The summed E-state index contributed by atoms with van der Waals surface area (Å²) in [6, 6.07) is 0. The number of nitrogens with one attached hydrogen (secondary N) is 1. The Bertz CT molecular complexity index is 101. The number of piperidine rings is 1. The van der Waals surface area contributed by atoms with Crippen LogP contribution in [0.2, 0.25) is 0 Å². The molecule has 1 nitrogen and oxygen atoms in total. The number of rotatable bonds is 3. The second-order valence-corrected chi connectivity index (χ2v) is 4.06. The summed E-state index contributed by atoms with van der Waals surface area (Å²) in [5.41, 5.74) is 0. The first-order valence-electron chi connectivity index (χ1n) is 5.16. The van der Waals surface area contributed by atoms with Crippen LogP contribution in [0.5, 0.6) is 0 Å². The smallest absolute Gasteiger partial charge is 0.0796 e. The molecule has 1 saturated heterocycles. The van der Waals surface area contributed by atoms with Gasteiger partial charge in [-0.2, -0.15) is 0 Å². The van der Waals surface area contributed by atoms with E-state index in [1.807, 2.05) is 4.90 Å². The molecule has 1 rings (SSSR count). The van der Waals surface area contributed by atoms with Crippen LogP contribution in [0.3, 0.4) is 0 Å². The van der Waals surface area contributed by atoms with E-state index >= 15 is 0 Å². The van der Waals surface area contributed by atoms with Gasteiger partial charge >= 0.3 is 0 Å². The first kappa shape index (κ1) is 9.05. The third-order valence-corrected chi connectivity index (χ3v) is 2.75. The maximum absolute atomic E-state index is 2.39. The van der Waals surface area contributed by atoms with E-state index in [0.717, 1.165) is 5.92 Å². The summed E-state index contributed by atoms with van der Waals surface area (Å²) in [5, 5.41) is 0. The summed E-state index contributed by atoms with van der Waals surface area (Å²) in [4.78, 5) is 1.85. The Morgan fingerprint density at radius 2 is 2.27 bits per heavy atom. The van der Waals surface area contributed by atoms with Crippen molar-refractivity contribution in [1.82, 2.24) is 0 Å². The molecule has 0 aliphatic carbocycles. The van der Waals surface area contributed by atoms with Gasteiger partial charge in [0.1, 0.15) is 0 Å². The quantitative estimate of drug-likeness (QED) is 0.624. The molecule has 2 atom stereocenters. The minimum Gasteiger partial charge on any atom is -0.335 e. The van der Waals surface area contributed by atoms with Gasteiger partial charge in [-0.15, -0.1) is 0 Å². The number of unbranched alkanes of at least 4 members (excludes halogenated alkanes) is 1. The summed E-state index contributed by atoms with van der Waals surface area (Å²) in [7, 11) is 0. The largest absolute Gasteiger partial charge is 0.335 e. The van der Waals surface area contributed by atoms with E-state index in [0.29, 0.717) is 0 Å². The van der Waals surface area contributed by atoms with Crippen molar-refractivity contribution in [2.75, 3.05) is 19.6 Å². The van der Waals surface area contributed by atoms with Crippen molar-refractivity contribution < 1.29 is 4.90 Å². The molecule has 2 unspecified atom stereocenters. The minimum absolute atomic E-state index is 0.982. The second kappa shape index (κ2) is 4.76. The van der Waals surface area contributed by atoms with Crippen molar-refractivity contribution in [2.24, 2.45) is 5.92 Å². The third kappa shape index (κ3) is 3.24. The summed E-state index contributed by atoms with van der Waals surface area (Å²) in [6.45, 7) is 8.96. The predicted molar refractivity (Wildman–Crippen MR) is 48.9 cm³/mol. The lowest BCUT2D eigenvalue weighted by Crippen LogP contribution is -3.13. The molecule has 0 amide bonds. The zero-order valence-corrected chi connectivity index (χ0v) is 8.03. The van der Waals surface area contributed by atoms with Crippen molar-refractivity contribution in [3.63, 3.8) is 0 Å². The van der Waals surface area contributed by atoms with Gasteiger partial charge in [0.05, 0.1) is 19.6 Å². The molecule has 0 spiro atoms. The van der Waals surface area contributed by atoms with E-state index < -0.39 is 0 Å². The first-order valence-corrected chi connectivity index (χ1v) is 5.16. The minimum atomic E-state index is 0.982. The van der Waals surface area contributed by atoms with Crippen LogP contribution < -0.4 is 4.90 Å². The predicted octanol–water partition coefficient (Wildman–Crippen LogP) is 1.10. The molecule has 0 radical (unpaired) electrons. The van der Waals surface area contributed by atoms with Crippen molar-refractivity contribution in [2.45, 2.75) is 39.5 Å². The van der Waals surface area contributed by atoms with Crippen LogP contribution in [0, 0.1) is 5.92 Å². The molecule has 0 aromatic heterocycles. The topological polar surface area (TPSA) is 4.44 Å². The highest BCUT2D eigenvalue weighted by Crippen LogP contribution is 2.04. The summed E-state index contributed by atoms with van der Waals surface area (Å²) < 4.78 is 0. The molecular formula is C10H22N+. The van der Waals surface area contributed by atoms with Gasteiger partial charge in [0, 0.05) is 5.92 Å². The highest BCUT2D eigenvalue weighted by Gasteiger charge is 2.18. The van der Waals surface area contributed by atoms with E-state index in [1.165, 1.54) is 45.3 Å². The maximum atomic E-state index is 2.39. The Morgan fingerprint density at radius 1 is 1.45 bits per heavy atom. The zero-order chi connectivity index (χ0) is 8.10. The molecule has 1 N–H and O–H groups in total. The number of hydrogen-bond donors (Lipinski definition) is 1. The van der Waals surface area contributed by atoms with E-state index in [4.69, 9.17) is 0 Å². The highest BCUT2D eigenvalue weighted by molar-refractivity contribution is 4.55. The Kier molecular flexibility index (Phi) is 3.92. The van der Waals surface area contributed by atoms with Gasteiger partial charge in [-0.3, -0.25) is 0 Å². The lowest BCUT2D eigenvalue weighted by Gasteiger charge is -2.27. The van der Waals surface area contributed by atoms with Crippen molar-refractivity contribution in [3.05, 3.63) is 0 Å². The average Bonchev–Trinajstić information content (AvgIpc) is 2.01. The summed E-state index contributed by atoms with van der Waals surface area (Å²) in [6.07, 6.45) is 5.70. The summed E-state index contributed by atoms with van der Waals surface area (Å²) >= 11 is 0. The number of quaternary nitrogens is 1. The standard InChI is InChI=1S/C10H21N/c1-3-4-7-11-8-5-6-10(2)9-11/h10H,3-9H2,1-2H3/p+1. The van der Waals surface area contributed by atoms with Crippen molar-refractivity contribution in [1.29, 1.82) is 0 Å². The molecule has 1 aliphatic rings. The molecule has 1 heterocycles. The lowest BCUT2D eigenvalue weighted by atomic mass is 10.0. The lowest BCUT2D eigenvalue weighted by molar-refractivity contribution is -0.908. The van der Waals surface area contributed by atoms with E-state index in [2.05, 4.69) is 13.8 Å². The van der Waals surface area contributed by atoms with E-state index in [-0.39, 0.29) is 0 Å². The van der Waals surface area contributed by atoms with E-state index in [1.54, 1.807) is 0 Å². The molecule has 0 aromatic carbocycles. The zero-order valence-electron chi connectivity index (χ0n) is 8.03. The van der Waals surface area contributed by atoms with Gasteiger partial charge in [-0.25, -0.2) is 0 Å². The third-order valence-electron chi connectivity index (χ3n) is 2.75. The van der Waals surface area contributed by atoms with Gasteiger partial charge in [0.15, 0.2) is 0 Å². The van der Waals surface area contributed by atoms with Crippen LogP contribution >= 0.6 is 0 Å². The van der Waals surface area contributed by atoms with Crippen LogP contribution in [0.4, 0.5) is 0 Å². The van der Waals surface area contributed by atoms with Gasteiger partial charge < -0.3 is 4.90 Å². The Balaban J connectivity index is 2.12. The fourth-order valence-corrected chi connectivity index (χ4v) is 2.05. The second-order valence-electron chi connectivity index (χ2n) is 4.06. The SMILES string of the molecule is CCCC[NH+]1CCCC(C)C1. The molecule has 1 aliphatic heterocycles. The van der Waals surface area contributed by atoms with Crippen LogP contribution in [0.1, 0.15) is 39.5 Å². The first-order chi connectivity index (χ1) is 5.33. The fourth-order valence-electron chi connectivity index (χ4n) is 2.05. The average molecular weight is 156 g/mol. The van der Waals surface area contributed by atoms with Crippen LogP contribution in [0.25, 0.3) is 0 Å². The molecule has 1 heteroatoms. The summed E-state index contributed by atoms with van der Waals surface area (Å²) in [5.74, 6) is 0.982. The number of likely N-dealkylation sites (tertiary alicyclic amines) is 1. The van der Waals surface area contributed by atoms with Crippen molar-refractivity contribution >= 4 is 0 Å². The molecule has 66 valence electrons. The molecule has 1 fully saturated rings. The van der Waals surface area contributed by atoms with Crippen LogP contribution in [-0.4, -0.2) is 19.6 Å². The molecule has 0 aromatic rings. The highest BCUT2D eigenvalue weighted by atomic mass is 15.1. The van der Waals surface area contributed by atoms with Gasteiger partial charge in [-0.1, -0.05) is 20.3 Å². The van der Waals surface area contributed by atoms with Crippen LogP contribution in [-0.2, 0) is 0 Å². The van der Waals surface area contributed by atoms with Crippen molar-refractivity contribution in [3.8, 4) is 0 Å². The van der Waals surface area contributed by atoms with Gasteiger partial charge in [-0.05, 0) is 19.3 Å². The molecular weight excluding hydrogens is 134 g/mol. The number of hydrogen-bond acceptors (Lipinski definition) is 0. The normalized spacial score (nSPS) is 32.2. The van der Waals surface area contributed by atoms with E-state index in [9.17, 15) is 0 Å². The van der Waals surface area contributed by atoms with Crippen LogP contribution in [0.15, 0.2) is 0 Å². The molecule has 0 bridgehead atoms. The van der Waals surface area contributed by atoms with Gasteiger partial charge in [0.25, 0.3) is 0 Å². The maximum Gasteiger partial charge on any atom is 0.0796 e. The fraction of sp³-hybridized carbons (Fsp3) is 1.00. The Hall–Kier alpha value is -0.0400. The monoisotopic (exact) mass is 156 g/mol.